The Hall–Kier alpha value is -2.14. The molecule has 26 heavy (non-hydrogen) atoms. The van der Waals surface area contributed by atoms with Gasteiger partial charge in [-0.25, -0.2) is 0 Å². The first-order valence-corrected chi connectivity index (χ1v) is 9.91. The molecule has 2 aliphatic rings. The second-order valence-electron chi connectivity index (χ2n) is 7.55. The maximum atomic E-state index is 12.5. The van der Waals surface area contributed by atoms with Crippen molar-refractivity contribution < 1.29 is 0 Å². The first-order chi connectivity index (χ1) is 12.7. The monoisotopic (exact) mass is 353 g/mol. The predicted octanol–water partition coefficient (Wildman–Crippen LogP) is 3.35. The molecule has 1 fully saturated rings. The van der Waals surface area contributed by atoms with Gasteiger partial charge in [-0.3, -0.25) is 19.1 Å². The molecule has 0 bridgehead atoms. The van der Waals surface area contributed by atoms with Gasteiger partial charge in [0.2, 0.25) is 0 Å². The molecule has 4 rings (SSSR count). The van der Waals surface area contributed by atoms with E-state index in [-0.39, 0.29) is 0 Å². The fourth-order valence-corrected chi connectivity index (χ4v) is 4.45. The summed E-state index contributed by atoms with van der Waals surface area (Å²) in [5.74, 6) is 0. The highest BCUT2D eigenvalue weighted by Gasteiger charge is 2.23. The van der Waals surface area contributed by atoms with Crippen LogP contribution >= 0.6 is 0 Å². The first kappa shape index (κ1) is 17.3. The van der Waals surface area contributed by atoms with Crippen molar-refractivity contribution in [3.63, 3.8) is 0 Å². The Morgan fingerprint density at radius 3 is 2.42 bits per heavy atom. The second kappa shape index (κ2) is 7.62. The molecule has 1 aliphatic heterocycles. The molecule has 2 heterocycles. The molecule has 5 nitrogen and oxygen atoms in total. The zero-order valence-corrected chi connectivity index (χ0v) is 15.2. The minimum Gasteiger partial charge on any atom is -0.316 e. The molecular formula is C21H27N3O2. The molecule has 0 spiro atoms. The number of nitrogens with one attached hydrogen (secondary N) is 1. The summed E-state index contributed by atoms with van der Waals surface area (Å²) in [5, 5.41) is 0. The SMILES string of the molecule is O=c1[nH]c2ccccc2n(C2=CCN(C3CCCCCCC3)CC2)c1=O. The van der Waals surface area contributed by atoms with E-state index >= 15 is 0 Å². The fourth-order valence-electron chi connectivity index (χ4n) is 4.45. The molecule has 1 aliphatic carbocycles. The quantitative estimate of drug-likeness (QED) is 0.843. The van der Waals surface area contributed by atoms with Crippen LogP contribution in [0.15, 0.2) is 39.9 Å². The topological polar surface area (TPSA) is 58.1 Å². The molecule has 0 radical (unpaired) electrons. The largest absolute Gasteiger partial charge is 0.321 e. The molecule has 0 atom stereocenters. The number of fused-ring (bicyclic) bond motifs is 1. The van der Waals surface area contributed by atoms with Crippen molar-refractivity contribution in [2.24, 2.45) is 0 Å². The third-order valence-electron chi connectivity index (χ3n) is 5.89. The van der Waals surface area contributed by atoms with Crippen LogP contribution in [0.1, 0.15) is 51.4 Å². The Labute approximate surface area is 153 Å². The number of para-hydroxylation sites is 2. The van der Waals surface area contributed by atoms with E-state index in [0.29, 0.717) is 11.6 Å². The van der Waals surface area contributed by atoms with Crippen molar-refractivity contribution in [1.82, 2.24) is 14.5 Å². The number of hydrogen-bond acceptors (Lipinski definition) is 3. The van der Waals surface area contributed by atoms with E-state index in [1.807, 2.05) is 24.3 Å². The summed E-state index contributed by atoms with van der Waals surface area (Å²) in [4.78, 5) is 29.8. The summed E-state index contributed by atoms with van der Waals surface area (Å²) in [6, 6.07) is 8.19. The molecule has 5 heteroatoms. The van der Waals surface area contributed by atoms with Crippen molar-refractivity contribution >= 4 is 16.7 Å². The van der Waals surface area contributed by atoms with Crippen LogP contribution in [0.5, 0.6) is 0 Å². The summed E-state index contributed by atoms with van der Waals surface area (Å²) in [6.45, 7) is 1.83. The number of hydrogen-bond donors (Lipinski definition) is 1. The van der Waals surface area contributed by atoms with Gasteiger partial charge in [-0.1, -0.05) is 50.3 Å². The summed E-state index contributed by atoms with van der Waals surface area (Å²) >= 11 is 0. The van der Waals surface area contributed by atoms with Gasteiger partial charge >= 0.3 is 11.1 Å². The molecule has 1 saturated carbocycles. The lowest BCUT2D eigenvalue weighted by atomic mass is 9.94. The Kier molecular flexibility index (Phi) is 5.07. The van der Waals surface area contributed by atoms with E-state index in [2.05, 4.69) is 16.0 Å². The minimum absolute atomic E-state index is 0.477. The Bertz CT molecular complexity index is 917. The van der Waals surface area contributed by atoms with Crippen molar-refractivity contribution in [2.45, 2.75) is 57.4 Å². The maximum absolute atomic E-state index is 12.5. The third kappa shape index (κ3) is 3.40. The fraction of sp³-hybridized carbons (Fsp3) is 0.524. The van der Waals surface area contributed by atoms with E-state index in [4.69, 9.17) is 0 Å². The predicted molar refractivity (Wildman–Crippen MR) is 105 cm³/mol. The number of benzene rings is 1. The van der Waals surface area contributed by atoms with Crippen molar-refractivity contribution in [1.29, 1.82) is 0 Å². The summed E-state index contributed by atoms with van der Waals surface area (Å²) in [5.41, 5.74) is 1.42. The van der Waals surface area contributed by atoms with Crippen LogP contribution in [0.2, 0.25) is 0 Å². The van der Waals surface area contributed by atoms with Crippen LogP contribution in [0, 0.1) is 0 Å². The van der Waals surface area contributed by atoms with Crippen LogP contribution in [0.25, 0.3) is 16.7 Å². The molecule has 0 amide bonds. The average Bonchev–Trinajstić information content (AvgIpc) is 2.63. The van der Waals surface area contributed by atoms with E-state index < -0.39 is 11.1 Å². The zero-order valence-electron chi connectivity index (χ0n) is 15.2. The highest BCUT2D eigenvalue weighted by Crippen LogP contribution is 2.25. The summed E-state index contributed by atoms with van der Waals surface area (Å²) < 4.78 is 1.61. The second-order valence-corrected chi connectivity index (χ2v) is 7.55. The van der Waals surface area contributed by atoms with Gasteiger partial charge in [0.05, 0.1) is 11.0 Å². The minimum atomic E-state index is -0.549. The van der Waals surface area contributed by atoms with E-state index in [0.717, 1.165) is 30.7 Å². The van der Waals surface area contributed by atoms with Crippen LogP contribution in [0.3, 0.4) is 0 Å². The highest BCUT2D eigenvalue weighted by atomic mass is 16.2. The molecule has 2 aromatic rings. The summed E-state index contributed by atoms with van der Waals surface area (Å²) in [7, 11) is 0. The molecule has 138 valence electrons. The normalized spacial score (nSPS) is 20.5. The average molecular weight is 353 g/mol. The molecule has 1 N–H and O–H groups in total. The van der Waals surface area contributed by atoms with Crippen LogP contribution in [-0.4, -0.2) is 33.6 Å². The maximum Gasteiger partial charge on any atom is 0.321 e. The van der Waals surface area contributed by atoms with E-state index in [1.165, 1.54) is 44.9 Å². The van der Waals surface area contributed by atoms with E-state index in [9.17, 15) is 9.59 Å². The van der Waals surface area contributed by atoms with Crippen LogP contribution in [-0.2, 0) is 0 Å². The molecule has 1 aromatic heterocycles. The van der Waals surface area contributed by atoms with Gasteiger partial charge in [-0.2, -0.15) is 0 Å². The number of H-pyrrole nitrogens is 1. The third-order valence-corrected chi connectivity index (χ3v) is 5.89. The number of nitrogens with zero attached hydrogens (tertiary/aromatic N) is 2. The Balaban J connectivity index is 1.62. The first-order valence-electron chi connectivity index (χ1n) is 9.91. The molecule has 0 unspecified atom stereocenters. The molecule has 0 saturated heterocycles. The number of aromatic amines is 1. The van der Waals surface area contributed by atoms with Crippen molar-refractivity contribution in [2.75, 3.05) is 13.1 Å². The van der Waals surface area contributed by atoms with E-state index in [1.54, 1.807) is 4.57 Å². The Morgan fingerprint density at radius 2 is 1.69 bits per heavy atom. The van der Waals surface area contributed by atoms with Gasteiger partial charge in [0, 0.05) is 31.2 Å². The lowest BCUT2D eigenvalue weighted by Gasteiger charge is -2.35. The molecular weight excluding hydrogens is 326 g/mol. The van der Waals surface area contributed by atoms with Gasteiger partial charge in [-0.05, 0) is 25.0 Å². The zero-order chi connectivity index (χ0) is 17.9. The Morgan fingerprint density at radius 1 is 0.962 bits per heavy atom. The van der Waals surface area contributed by atoms with Gasteiger partial charge < -0.3 is 4.98 Å². The molecule has 1 aromatic carbocycles. The summed E-state index contributed by atoms with van der Waals surface area (Å²) in [6.07, 6.45) is 12.3. The lowest BCUT2D eigenvalue weighted by molar-refractivity contribution is 0.181. The highest BCUT2D eigenvalue weighted by molar-refractivity contribution is 5.78. The van der Waals surface area contributed by atoms with Crippen LogP contribution in [0.4, 0.5) is 0 Å². The van der Waals surface area contributed by atoms with Crippen LogP contribution < -0.4 is 11.1 Å². The number of aromatic nitrogens is 2. The van der Waals surface area contributed by atoms with Gasteiger partial charge in [0.15, 0.2) is 0 Å². The van der Waals surface area contributed by atoms with Crippen molar-refractivity contribution in [3.8, 4) is 0 Å². The van der Waals surface area contributed by atoms with Gasteiger partial charge in [-0.15, -0.1) is 0 Å². The number of rotatable bonds is 2. The van der Waals surface area contributed by atoms with Gasteiger partial charge in [0.25, 0.3) is 0 Å². The van der Waals surface area contributed by atoms with Crippen molar-refractivity contribution in [3.05, 3.63) is 51.0 Å². The van der Waals surface area contributed by atoms with Gasteiger partial charge in [0.1, 0.15) is 0 Å². The smallest absolute Gasteiger partial charge is 0.316 e. The lowest BCUT2D eigenvalue weighted by Crippen LogP contribution is -2.41. The standard InChI is InChI=1S/C21H27N3O2/c25-20-21(26)24(19-11-7-6-10-18(19)22-20)17-12-14-23(15-13-17)16-8-4-2-1-3-5-9-16/h6-7,10-12,16H,1-5,8-9,13-15H2,(H,22,25).